The van der Waals surface area contributed by atoms with Crippen molar-refractivity contribution in [3.05, 3.63) is 76.7 Å². The third-order valence-electron chi connectivity index (χ3n) is 3.56. The molecule has 0 amide bonds. The highest BCUT2D eigenvalue weighted by Gasteiger charge is 2.07. The summed E-state index contributed by atoms with van der Waals surface area (Å²) in [4.78, 5) is 9.56. The van der Waals surface area contributed by atoms with E-state index in [4.69, 9.17) is 4.74 Å². The molecule has 2 aromatic heterocycles. The number of methoxy groups -OCH3 is 1. The van der Waals surface area contributed by atoms with Gasteiger partial charge in [0.1, 0.15) is 5.75 Å². The highest BCUT2D eigenvalue weighted by molar-refractivity contribution is 7.07. The minimum atomic E-state index is 0.574. The van der Waals surface area contributed by atoms with Crippen LogP contribution in [0.2, 0.25) is 0 Å². The van der Waals surface area contributed by atoms with Gasteiger partial charge in [0.2, 0.25) is 4.80 Å². The monoisotopic (exact) mass is 364 g/mol. The molecule has 0 aliphatic heterocycles. The summed E-state index contributed by atoms with van der Waals surface area (Å²) < 4.78 is 7.09. The molecule has 2 heterocycles. The molecular weight excluding hydrogens is 344 g/mol. The maximum absolute atomic E-state index is 5.24. The molecule has 0 atom stereocenters. The molecule has 132 valence electrons. The number of rotatable bonds is 6. The highest BCUT2D eigenvalue weighted by Crippen LogP contribution is 2.23. The fourth-order valence-electron chi connectivity index (χ4n) is 2.26. The lowest BCUT2D eigenvalue weighted by Gasteiger charge is -2.05. The Morgan fingerprint density at radius 1 is 1.31 bits per heavy atom. The van der Waals surface area contributed by atoms with E-state index in [2.05, 4.69) is 27.0 Å². The predicted molar refractivity (Wildman–Crippen MR) is 107 cm³/mol. The van der Waals surface area contributed by atoms with Gasteiger partial charge in [0, 0.05) is 28.9 Å². The van der Waals surface area contributed by atoms with Crippen LogP contribution in [0.3, 0.4) is 0 Å². The van der Waals surface area contributed by atoms with Gasteiger partial charge in [-0.1, -0.05) is 18.2 Å². The molecule has 6 heteroatoms. The molecule has 3 aromatic rings. The minimum absolute atomic E-state index is 0.574. The average molecular weight is 364 g/mol. The Balaban J connectivity index is 2.04. The maximum atomic E-state index is 5.24. The molecular formula is C20H20N4OS. The molecule has 26 heavy (non-hydrogen) atoms. The molecule has 0 saturated heterocycles. The van der Waals surface area contributed by atoms with Gasteiger partial charge in [0.15, 0.2) is 0 Å². The number of hydrogen-bond donors (Lipinski definition) is 0. The summed E-state index contributed by atoms with van der Waals surface area (Å²) in [6.07, 6.45) is 5.30. The SMILES string of the molecule is C=C(C)CN=c1scc(-c2ccc(OC)cc2)n1N=Cc1cccnc1. The maximum Gasteiger partial charge on any atom is 0.206 e. The number of nitrogens with zero attached hydrogens (tertiary/aromatic N) is 4. The van der Waals surface area contributed by atoms with Crippen molar-refractivity contribution < 1.29 is 4.74 Å². The highest BCUT2D eigenvalue weighted by atomic mass is 32.1. The number of hydrogen-bond acceptors (Lipinski definition) is 5. The van der Waals surface area contributed by atoms with Crippen LogP contribution in [0.5, 0.6) is 5.75 Å². The van der Waals surface area contributed by atoms with E-state index in [-0.39, 0.29) is 0 Å². The summed E-state index contributed by atoms with van der Waals surface area (Å²) in [6, 6.07) is 11.7. The lowest BCUT2D eigenvalue weighted by Crippen LogP contribution is -2.13. The first kappa shape index (κ1) is 17.8. The molecule has 0 fully saturated rings. The molecule has 0 saturated carbocycles. The van der Waals surface area contributed by atoms with Crippen molar-refractivity contribution in [3.8, 4) is 17.0 Å². The summed E-state index contributed by atoms with van der Waals surface area (Å²) in [7, 11) is 1.66. The van der Waals surface area contributed by atoms with E-state index in [1.54, 1.807) is 37.1 Å². The van der Waals surface area contributed by atoms with Gasteiger partial charge in [-0.05, 0) is 37.3 Å². The third-order valence-corrected chi connectivity index (χ3v) is 4.42. The zero-order valence-electron chi connectivity index (χ0n) is 14.8. The quantitative estimate of drug-likeness (QED) is 0.491. The summed E-state index contributed by atoms with van der Waals surface area (Å²) in [5, 5.41) is 6.70. The van der Waals surface area contributed by atoms with E-state index in [0.29, 0.717) is 6.54 Å². The van der Waals surface area contributed by atoms with Crippen molar-refractivity contribution in [1.82, 2.24) is 9.66 Å². The smallest absolute Gasteiger partial charge is 0.206 e. The molecule has 0 aliphatic rings. The van der Waals surface area contributed by atoms with Crippen LogP contribution >= 0.6 is 11.3 Å². The Kier molecular flexibility index (Phi) is 5.76. The largest absolute Gasteiger partial charge is 0.497 e. The Morgan fingerprint density at radius 3 is 2.77 bits per heavy atom. The van der Waals surface area contributed by atoms with Gasteiger partial charge in [-0.2, -0.15) is 5.10 Å². The Labute approximate surface area is 156 Å². The summed E-state index contributed by atoms with van der Waals surface area (Å²) in [5.74, 6) is 0.821. The van der Waals surface area contributed by atoms with Crippen LogP contribution in [0.25, 0.3) is 11.3 Å². The van der Waals surface area contributed by atoms with Crippen molar-refractivity contribution in [2.24, 2.45) is 10.1 Å². The molecule has 0 radical (unpaired) electrons. The molecule has 0 unspecified atom stereocenters. The number of thiazole rings is 1. The first-order chi connectivity index (χ1) is 12.7. The zero-order valence-corrected chi connectivity index (χ0v) is 15.6. The standard InChI is InChI=1S/C20H20N4OS/c1-15(2)11-22-20-24(23-13-16-5-4-10-21-12-16)19(14-26-20)17-6-8-18(25-3)9-7-17/h4-10,12-14H,1,11H2,2-3H3. The predicted octanol–water partition coefficient (Wildman–Crippen LogP) is 3.98. The van der Waals surface area contributed by atoms with Crippen LogP contribution in [0.1, 0.15) is 12.5 Å². The number of benzene rings is 1. The van der Waals surface area contributed by atoms with Gasteiger partial charge >= 0.3 is 0 Å². The van der Waals surface area contributed by atoms with Crippen molar-refractivity contribution in [3.63, 3.8) is 0 Å². The first-order valence-electron chi connectivity index (χ1n) is 8.11. The first-order valence-corrected chi connectivity index (χ1v) is 8.99. The Morgan fingerprint density at radius 2 is 2.12 bits per heavy atom. The summed E-state index contributed by atoms with van der Waals surface area (Å²) in [6.45, 7) is 6.46. The van der Waals surface area contributed by atoms with Crippen molar-refractivity contribution >= 4 is 17.6 Å². The lowest BCUT2D eigenvalue weighted by molar-refractivity contribution is 0.415. The van der Waals surface area contributed by atoms with E-state index >= 15 is 0 Å². The van der Waals surface area contributed by atoms with E-state index in [1.165, 1.54) is 0 Å². The van der Waals surface area contributed by atoms with Crippen LogP contribution in [0.4, 0.5) is 0 Å². The second kappa shape index (κ2) is 8.40. The van der Waals surface area contributed by atoms with Crippen LogP contribution in [-0.2, 0) is 0 Å². The van der Waals surface area contributed by atoms with Gasteiger partial charge in [0.05, 0.1) is 25.6 Å². The molecule has 0 N–H and O–H groups in total. The van der Waals surface area contributed by atoms with Crippen LogP contribution < -0.4 is 9.54 Å². The van der Waals surface area contributed by atoms with Crippen LogP contribution in [0, 0.1) is 0 Å². The second-order valence-electron chi connectivity index (χ2n) is 5.75. The molecule has 5 nitrogen and oxygen atoms in total. The van der Waals surface area contributed by atoms with Crippen molar-refractivity contribution in [2.45, 2.75) is 6.92 Å². The fraction of sp³-hybridized carbons (Fsp3) is 0.150. The van der Waals surface area contributed by atoms with Crippen molar-refractivity contribution in [2.75, 3.05) is 13.7 Å². The van der Waals surface area contributed by atoms with Gasteiger partial charge in [-0.15, -0.1) is 11.3 Å². The van der Waals surface area contributed by atoms with Crippen LogP contribution in [0.15, 0.2) is 76.4 Å². The van der Waals surface area contributed by atoms with Gasteiger partial charge < -0.3 is 4.74 Å². The molecule has 0 spiro atoms. The van der Waals surface area contributed by atoms with Gasteiger partial charge in [-0.3, -0.25) is 9.98 Å². The number of aromatic nitrogens is 2. The lowest BCUT2D eigenvalue weighted by atomic mass is 10.2. The average Bonchev–Trinajstić information content (AvgIpc) is 3.08. The van der Waals surface area contributed by atoms with E-state index in [1.807, 2.05) is 48.0 Å². The molecule has 0 bridgehead atoms. The second-order valence-corrected chi connectivity index (χ2v) is 6.58. The molecule has 3 rings (SSSR count). The number of ether oxygens (including phenoxy) is 1. The Bertz CT molecular complexity index is 969. The summed E-state index contributed by atoms with van der Waals surface area (Å²) >= 11 is 1.55. The van der Waals surface area contributed by atoms with E-state index in [0.717, 1.165) is 32.9 Å². The van der Waals surface area contributed by atoms with E-state index in [9.17, 15) is 0 Å². The minimum Gasteiger partial charge on any atom is -0.497 e. The van der Waals surface area contributed by atoms with Gasteiger partial charge in [0.25, 0.3) is 0 Å². The number of pyridine rings is 1. The fourth-order valence-corrected chi connectivity index (χ4v) is 3.10. The molecule has 0 aliphatic carbocycles. The third kappa shape index (κ3) is 4.34. The van der Waals surface area contributed by atoms with Crippen molar-refractivity contribution in [1.29, 1.82) is 0 Å². The van der Waals surface area contributed by atoms with Crippen LogP contribution in [-0.4, -0.2) is 29.5 Å². The molecule has 1 aromatic carbocycles. The zero-order chi connectivity index (χ0) is 18.4. The van der Waals surface area contributed by atoms with E-state index < -0.39 is 0 Å². The topological polar surface area (TPSA) is 51.8 Å². The normalized spacial score (nSPS) is 11.8. The van der Waals surface area contributed by atoms with Gasteiger partial charge in [-0.25, -0.2) is 4.68 Å². The Hall–Kier alpha value is -2.99. The summed E-state index contributed by atoms with van der Waals surface area (Å²) in [5.41, 5.74) is 3.95.